The van der Waals surface area contributed by atoms with Crippen molar-refractivity contribution in [3.63, 3.8) is 0 Å². The molecule has 3 amide bonds. The highest BCUT2D eigenvalue weighted by Gasteiger charge is 2.40. The van der Waals surface area contributed by atoms with Gasteiger partial charge in [0.1, 0.15) is 18.1 Å². The van der Waals surface area contributed by atoms with Crippen LogP contribution in [0.2, 0.25) is 0 Å². The van der Waals surface area contributed by atoms with E-state index in [0.29, 0.717) is 6.42 Å². The second-order valence-electron chi connectivity index (χ2n) is 6.18. The van der Waals surface area contributed by atoms with Gasteiger partial charge in [-0.05, 0) is 19.8 Å². The van der Waals surface area contributed by atoms with Crippen molar-refractivity contribution in [2.75, 3.05) is 13.1 Å². The standard InChI is InChI=1S/C15H24N4O8/c1-7(20)12(14(25)19-4-2-3-9(19)15(26)27)18-13(24)8(5-11(22)23)17-10(21)6-16/h7-9,12,20H,2-6,16H2,1H3,(H,17,21)(H,18,24)(H,22,23)(H,26,27). The molecular weight excluding hydrogens is 364 g/mol. The van der Waals surface area contributed by atoms with Crippen molar-refractivity contribution in [2.24, 2.45) is 5.73 Å². The van der Waals surface area contributed by atoms with Gasteiger partial charge in [0.25, 0.3) is 0 Å². The first kappa shape index (κ1) is 22.3. The maximum absolute atomic E-state index is 12.6. The summed E-state index contributed by atoms with van der Waals surface area (Å²) in [7, 11) is 0. The first-order valence-corrected chi connectivity index (χ1v) is 8.31. The van der Waals surface area contributed by atoms with Gasteiger partial charge in [-0.15, -0.1) is 0 Å². The topological polar surface area (TPSA) is 199 Å². The molecule has 0 saturated carbocycles. The molecule has 0 aromatic rings. The summed E-state index contributed by atoms with van der Waals surface area (Å²) in [4.78, 5) is 59.6. The van der Waals surface area contributed by atoms with E-state index in [2.05, 4.69) is 10.6 Å². The van der Waals surface area contributed by atoms with Crippen LogP contribution in [0.1, 0.15) is 26.2 Å². The highest BCUT2D eigenvalue weighted by Crippen LogP contribution is 2.19. The number of likely N-dealkylation sites (tertiary alicyclic amines) is 1. The van der Waals surface area contributed by atoms with E-state index in [1.165, 1.54) is 6.92 Å². The van der Waals surface area contributed by atoms with Crippen molar-refractivity contribution in [2.45, 2.75) is 50.4 Å². The molecule has 4 atom stereocenters. The summed E-state index contributed by atoms with van der Waals surface area (Å²) in [5, 5.41) is 32.3. The largest absolute Gasteiger partial charge is 0.481 e. The number of aliphatic carboxylic acids is 2. The van der Waals surface area contributed by atoms with Gasteiger partial charge in [-0.25, -0.2) is 4.79 Å². The van der Waals surface area contributed by atoms with E-state index in [-0.39, 0.29) is 13.0 Å². The maximum Gasteiger partial charge on any atom is 0.326 e. The van der Waals surface area contributed by atoms with Crippen molar-refractivity contribution in [3.05, 3.63) is 0 Å². The van der Waals surface area contributed by atoms with E-state index in [0.717, 1.165) is 4.90 Å². The molecule has 152 valence electrons. The fraction of sp³-hybridized carbons (Fsp3) is 0.667. The van der Waals surface area contributed by atoms with Crippen molar-refractivity contribution in [1.29, 1.82) is 0 Å². The van der Waals surface area contributed by atoms with Gasteiger partial charge in [-0.1, -0.05) is 0 Å². The van der Waals surface area contributed by atoms with Crippen LogP contribution in [-0.4, -0.2) is 87.2 Å². The minimum Gasteiger partial charge on any atom is -0.481 e. The summed E-state index contributed by atoms with van der Waals surface area (Å²) < 4.78 is 0. The number of hydrogen-bond acceptors (Lipinski definition) is 7. The van der Waals surface area contributed by atoms with Crippen LogP contribution in [0.25, 0.3) is 0 Å². The fourth-order valence-electron chi connectivity index (χ4n) is 2.75. The summed E-state index contributed by atoms with van der Waals surface area (Å²) >= 11 is 0. The molecule has 1 aliphatic rings. The number of amides is 3. The van der Waals surface area contributed by atoms with Crippen molar-refractivity contribution in [1.82, 2.24) is 15.5 Å². The Morgan fingerprint density at radius 3 is 2.30 bits per heavy atom. The summed E-state index contributed by atoms with van der Waals surface area (Å²) in [6.45, 7) is 0.896. The number of hydrogen-bond donors (Lipinski definition) is 6. The average molecular weight is 388 g/mol. The molecule has 4 unspecified atom stereocenters. The zero-order valence-corrected chi connectivity index (χ0v) is 14.8. The van der Waals surface area contributed by atoms with E-state index >= 15 is 0 Å². The molecule has 12 heteroatoms. The molecule has 0 spiro atoms. The molecule has 0 bridgehead atoms. The Bertz CT molecular complexity index is 609. The number of aliphatic hydroxyl groups excluding tert-OH is 1. The maximum atomic E-state index is 12.6. The highest BCUT2D eigenvalue weighted by molar-refractivity contribution is 5.95. The Balaban J connectivity index is 2.94. The zero-order chi connectivity index (χ0) is 20.7. The van der Waals surface area contributed by atoms with Gasteiger partial charge in [0.15, 0.2) is 0 Å². The van der Waals surface area contributed by atoms with E-state index in [4.69, 9.17) is 10.8 Å². The minimum atomic E-state index is -1.51. The van der Waals surface area contributed by atoms with Crippen LogP contribution >= 0.6 is 0 Å². The predicted octanol–water partition coefficient (Wildman–Crippen LogP) is -3.15. The summed E-state index contributed by atoms with van der Waals surface area (Å²) in [5.41, 5.74) is 5.13. The molecule has 0 radical (unpaired) electrons. The van der Waals surface area contributed by atoms with Gasteiger partial charge < -0.3 is 36.6 Å². The number of carbonyl (C=O) groups is 5. The first-order chi connectivity index (χ1) is 12.6. The number of nitrogens with one attached hydrogen (secondary N) is 2. The van der Waals surface area contributed by atoms with E-state index in [1.807, 2.05) is 0 Å². The minimum absolute atomic E-state index is 0.150. The third-order valence-corrected chi connectivity index (χ3v) is 4.08. The molecule has 1 rings (SSSR count). The lowest BCUT2D eigenvalue weighted by molar-refractivity contribution is -0.151. The van der Waals surface area contributed by atoms with Crippen LogP contribution < -0.4 is 16.4 Å². The Labute approximate surface area is 154 Å². The molecular formula is C15H24N4O8. The lowest BCUT2D eigenvalue weighted by atomic mass is 10.1. The van der Waals surface area contributed by atoms with Gasteiger partial charge in [0.05, 0.1) is 19.1 Å². The average Bonchev–Trinajstić information content (AvgIpc) is 3.07. The van der Waals surface area contributed by atoms with Crippen LogP contribution in [0.15, 0.2) is 0 Å². The van der Waals surface area contributed by atoms with Crippen LogP contribution in [0.3, 0.4) is 0 Å². The van der Waals surface area contributed by atoms with Crippen molar-refractivity contribution in [3.8, 4) is 0 Å². The number of nitrogens with zero attached hydrogens (tertiary/aromatic N) is 1. The first-order valence-electron chi connectivity index (χ1n) is 8.31. The third kappa shape index (κ3) is 6.18. The van der Waals surface area contributed by atoms with Gasteiger partial charge >= 0.3 is 11.9 Å². The smallest absolute Gasteiger partial charge is 0.326 e. The quantitative estimate of drug-likeness (QED) is 0.236. The second-order valence-corrected chi connectivity index (χ2v) is 6.18. The molecule has 1 aliphatic heterocycles. The van der Waals surface area contributed by atoms with Crippen LogP contribution in [0, 0.1) is 0 Å². The van der Waals surface area contributed by atoms with Gasteiger partial charge in [-0.3, -0.25) is 19.2 Å². The number of carboxylic acid groups (broad SMARTS) is 2. The number of nitrogens with two attached hydrogens (primary N) is 1. The molecule has 1 saturated heterocycles. The highest BCUT2D eigenvalue weighted by atomic mass is 16.4. The molecule has 0 aromatic carbocycles. The van der Waals surface area contributed by atoms with Crippen molar-refractivity contribution < 1.29 is 39.3 Å². The van der Waals surface area contributed by atoms with Crippen LogP contribution in [-0.2, 0) is 24.0 Å². The third-order valence-electron chi connectivity index (χ3n) is 4.08. The number of aliphatic hydroxyl groups is 1. The van der Waals surface area contributed by atoms with Gasteiger partial charge in [0, 0.05) is 6.54 Å². The Morgan fingerprint density at radius 1 is 1.19 bits per heavy atom. The van der Waals surface area contributed by atoms with Crippen LogP contribution in [0.4, 0.5) is 0 Å². The lowest BCUT2D eigenvalue weighted by Crippen LogP contribution is -2.59. The van der Waals surface area contributed by atoms with Crippen molar-refractivity contribution >= 4 is 29.7 Å². The van der Waals surface area contributed by atoms with Crippen LogP contribution in [0.5, 0.6) is 0 Å². The fourth-order valence-corrected chi connectivity index (χ4v) is 2.75. The van der Waals surface area contributed by atoms with Gasteiger partial charge in [-0.2, -0.15) is 0 Å². The Morgan fingerprint density at radius 2 is 1.81 bits per heavy atom. The monoisotopic (exact) mass is 388 g/mol. The summed E-state index contributed by atoms with van der Waals surface area (Å²) in [6.07, 6.45) is -1.44. The van der Waals surface area contributed by atoms with E-state index in [1.54, 1.807) is 0 Å². The van der Waals surface area contributed by atoms with E-state index in [9.17, 15) is 34.2 Å². The lowest BCUT2D eigenvalue weighted by Gasteiger charge is -2.29. The normalized spacial score (nSPS) is 19.7. The molecule has 7 N–H and O–H groups in total. The molecule has 0 aromatic heterocycles. The summed E-state index contributed by atoms with van der Waals surface area (Å²) in [6, 6.07) is -4.08. The zero-order valence-electron chi connectivity index (χ0n) is 14.8. The SMILES string of the molecule is CC(O)C(NC(=O)C(CC(=O)O)NC(=O)CN)C(=O)N1CCCC1C(=O)O. The predicted molar refractivity (Wildman–Crippen MR) is 89.2 cm³/mol. The van der Waals surface area contributed by atoms with E-state index < -0.39 is 66.9 Å². The molecule has 0 aliphatic carbocycles. The molecule has 27 heavy (non-hydrogen) atoms. The van der Waals surface area contributed by atoms with Gasteiger partial charge in [0.2, 0.25) is 17.7 Å². The second kappa shape index (κ2) is 9.83. The Kier molecular flexibility index (Phi) is 8.12. The Hall–Kier alpha value is -2.73. The molecule has 12 nitrogen and oxygen atoms in total. The summed E-state index contributed by atoms with van der Waals surface area (Å²) in [5.74, 6) is -5.16. The molecule has 1 fully saturated rings. The number of rotatable bonds is 9. The number of carbonyl (C=O) groups excluding carboxylic acids is 3. The number of carboxylic acids is 2. The molecule has 1 heterocycles.